The molecule has 1 aliphatic heterocycles. The van der Waals surface area contributed by atoms with Crippen LogP contribution in [0.25, 0.3) is 10.6 Å². The largest absolute Gasteiger partial charge is 0.480 e. The van der Waals surface area contributed by atoms with E-state index in [9.17, 15) is 4.79 Å². The molecule has 9 heteroatoms. The molecular weight excluding hydrogens is 388 g/mol. The molecule has 0 unspecified atom stereocenters. The predicted molar refractivity (Wildman–Crippen MR) is 114 cm³/mol. The number of rotatable bonds is 6. The van der Waals surface area contributed by atoms with Crippen molar-refractivity contribution >= 4 is 34.1 Å². The van der Waals surface area contributed by atoms with Crippen molar-refractivity contribution in [3.8, 4) is 10.6 Å². The number of hydrogen-bond acceptors (Lipinski definition) is 8. The molecule has 2 N–H and O–H groups in total. The summed E-state index contributed by atoms with van der Waals surface area (Å²) >= 11 is 1.60. The molecule has 8 nitrogen and oxygen atoms in total. The van der Waals surface area contributed by atoms with Gasteiger partial charge in [0.1, 0.15) is 11.6 Å². The molecule has 3 aromatic rings. The summed E-state index contributed by atoms with van der Waals surface area (Å²) in [4.78, 5) is 29.6. The summed E-state index contributed by atoms with van der Waals surface area (Å²) < 4.78 is 0. The van der Waals surface area contributed by atoms with E-state index in [-0.39, 0.29) is 6.54 Å². The summed E-state index contributed by atoms with van der Waals surface area (Å²) in [6, 6.07) is 9.77. The second kappa shape index (κ2) is 8.54. The van der Waals surface area contributed by atoms with Gasteiger partial charge in [-0.05, 0) is 36.8 Å². The van der Waals surface area contributed by atoms with Gasteiger partial charge in [-0.25, -0.2) is 15.0 Å². The maximum atomic E-state index is 10.9. The number of aliphatic carboxylic acids is 1. The molecule has 0 atom stereocenters. The van der Waals surface area contributed by atoms with Gasteiger partial charge in [-0.3, -0.25) is 9.69 Å². The lowest BCUT2D eigenvalue weighted by atomic mass is 10.3. The number of pyridine rings is 2. The van der Waals surface area contributed by atoms with E-state index in [4.69, 9.17) is 10.1 Å². The predicted octanol–water partition coefficient (Wildman–Crippen LogP) is 2.86. The maximum absolute atomic E-state index is 10.9. The highest BCUT2D eigenvalue weighted by molar-refractivity contribution is 7.18. The van der Waals surface area contributed by atoms with Crippen LogP contribution in [0, 0.1) is 6.92 Å². The summed E-state index contributed by atoms with van der Waals surface area (Å²) in [6.07, 6.45) is 3.62. The number of piperazine rings is 1. The average molecular weight is 411 g/mol. The average Bonchev–Trinajstić information content (AvgIpc) is 3.19. The van der Waals surface area contributed by atoms with Gasteiger partial charge in [-0.1, -0.05) is 17.4 Å². The summed E-state index contributed by atoms with van der Waals surface area (Å²) in [7, 11) is 0. The van der Waals surface area contributed by atoms with Crippen molar-refractivity contribution in [3.05, 3.63) is 48.3 Å². The Morgan fingerprint density at radius 2 is 2.00 bits per heavy atom. The molecule has 0 aromatic carbocycles. The summed E-state index contributed by atoms with van der Waals surface area (Å²) in [5.74, 6) is 0.715. The minimum Gasteiger partial charge on any atom is -0.480 e. The molecule has 0 radical (unpaired) electrons. The molecule has 1 fully saturated rings. The molecular formula is C20H22N6O2S. The lowest BCUT2D eigenvalue weighted by Gasteiger charge is -2.33. The van der Waals surface area contributed by atoms with Gasteiger partial charge in [0.15, 0.2) is 5.13 Å². The summed E-state index contributed by atoms with van der Waals surface area (Å²) in [5.41, 5.74) is 1.99. The van der Waals surface area contributed by atoms with Crippen LogP contribution in [-0.2, 0) is 4.79 Å². The number of nitrogens with zero attached hydrogens (tertiary/aromatic N) is 5. The zero-order valence-electron chi connectivity index (χ0n) is 16.1. The van der Waals surface area contributed by atoms with Crippen LogP contribution in [0.15, 0.2) is 42.7 Å². The molecule has 0 saturated carbocycles. The Hall–Kier alpha value is -3.04. The Morgan fingerprint density at radius 1 is 1.17 bits per heavy atom. The molecule has 4 rings (SSSR count). The first-order valence-electron chi connectivity index (χ1n) is 9.39. The van der Waals surface area contributed by atoms with Gasteiger partial charge in [-0.2, -0.15) is 0 Å². The standard InChI is InChI=1S/C20H22N6O2S/c1-14-5-6-21-18(11-14)24-17-4-2-3-15(23-17)16-12-22-20(29-16)26-9-7-25(8-10-26)13-19(27)28/h2-6,11-12H,7-10,13H2,1H3,(H,27,28)(H,21,23,24). The molecule has 150 valence electrons. The number of hydrogen-bond donors (Lipinski definition) is 2. The van der Waals surface area contributed by atoms with Gasteiger partial charge in [0, 0.05) is 38.6 Å². The van der Waals surface area contributed by atoms with Crippen molar-refractivity contribution in [3.63, 3.8) is 0 Å². The fourth-order valence-corrected chi connectivity index (χ4v) is 4.13. The third kappa shape index (κ3) is 4.87. The van der Waals surface area contributed by atoms with E-state index in [1.54, 1.807) is 17.5 Å². The van der Waals surface area contributed by atoms with Gasteiger partial charge in [0.25, 0.3) is 0 Å². The van der Waals surface area contributed by atoms with Gasteiger partial charge in [-0.15, -0.1) is 0 Å². The van der Waals surface area contributed by atoms with Crippen LogP contribution < -0.4 is 10.2 Å². The number of aromatic nitrogens is 3. The van der Waals surface area contributed by atoms with E-state index < -0.39 is 5.97 Å². The number of thiazole rings is 1. The van der Waals surface area contributed by atoms with Crippen molar-refractivity contribution in [2.75, 3.05) is 42.9 Å². The second-order valence-corrected chi connectivity index (χ2v) is 7.92. The lowest BCUT2D eigenvalue weighted by Crippen LogP contribution is -2.47. The van der Waals surface area contributed by atoms with Gasteiger partial charge in [0.2, 0.25) is 0 Å². The summed E-state index contributed by atoms with van der Waals surface area (Å²) in [5, 5.41) is 13.1. The summed E-state index contributed by atoms with van der Waals surface area (Å²) in [6.45, 7) is 5.11. The van der Waals surface area contributed by atoms with E-state index >= 15 is 0 Å². The third-order valence-corrected chi connectivity index (χ3v) is 5.75. The first-order chi connectivity index (χ1) is 14.1. The number of carboxylic acid groups (broad SMARTS) is 1. The number of aryl methyl sites for hydroxylation is 1. The second-order valence-electron chi connectivity index (χ2n) is 6.92. The minimum absolute atomic E-state index is 0.0937. The van der Waals surface area contributed by atoms with Crippen LogP contribution in [0.3, 0.4) is 0 Å². The van der Waals surface area contributed by atoms with Crippen molar-refractivity contribution in [2.24, 2.45) is 0 Å². The number of carbonyl (C=O) groups is 1. The first-order valence-corrected chi connectivity index (χ1v) is 10.2. The fraction of sp³-hybridized carbons (Fsp3) is 0.300. The monoisotopic (exact) mass is 410 g/mol. The third-order valence-electron chi connectivity index (χ3n) is 4.67. The van der Waals surface area contributed by atoms with Crippen LogP contribution in [0.1, 0.15) is 5.56 Å². The Labute approximate surface area is 172 Å². The van der Waals surface area contributed by atoms with Gasteiger partial charge in [0.05, 0.1) is 17.1 Å². The molecule has 0 spiro atoms. The van der Waals surface area contributed by atoms with Gasteiger partial charge < -0.3 is 15.3 Å². The normalized spacial score (nSPS) is 14.7. The van der Waals surface area contributed by atoms with Crippen LogP contribution >= 0.6 is 11.3 Å². The van der Waals surface area contributed by atoms with Crippen LogP contribution in [0.2, 0.25) is 0 Å². The van der Waals surface area contributed by atoms with E-state index in [2.05, 4.69) is 20.2 Å². The Balaban J connectivity index is 1.44. The molecule has 29 heavy (non-hydrogen) atoms. The maximum Gasteiger partial charge on any atom is 0.317 e. The SMILES string of the molecule is Cc1ccnc(Nc2cccc(-c3cnc(N4CCN(CC(=O)O)CC4)s3)n2)c1. The van der Waals surface area contributed by atoms with Crippen molar-refractivity contribution in [1.82, 2.24) is 19.9 Å². The van der Waals surface area contributed by atoms with Crippen LogP contribution in [0.4, 0.5) is 16.8 Å². The number of anilines is 3. The molecule has 0 aliphatic carbocycles. The van der Waals surface area contributed by atoms with Crippen LogP contribution in [0.5, 0.6) is 0 Å². The fourth-order valence-electron chi connectivity index (χ4n) is 3.20. The molecule has 0 amide bonds. The van der Waals surface area contributed by atoms with E-state index in [1.165, 1.54) is 0 Å². The number of carboxylic acids is 1. The molecule has 1 aliphatic rings. The highest BCUT2D eigenvalue weighted by atomic mass is 32.1. The zero-order chi connectivity index (χ0) is 20.2. The molecule has 1 saturated heterocycles. The van der Waals surface area contributed by atoms with Crippen molar-refractivity contribution in [2.45, 2.75) is 6.92 Å². The Morgan fingerprint density at radius 3 is 2.76 bits per heavy atom. The highest BCUT2D eigenvalue weighted by Crippen LogP contribution is 2.31. The lowest BCUT2D eigenvalue weighted by molar-refractivity contribution is -0.138. The van der Waals surface area contributed by atoms with Gasteiger partial charge >= 0.3 is 5.97 Å². The molecule has 3 aromatic heterocycles. The topological polar surface area (TPSA) is 94.5 Å². The zero-order valence-corrected chi connectivity index (χ0v) is 16.9. The smallest absolute Gasteiger partial charge is 0.317 e. The number of nitrogens with one attached hydrogen (secondary N) is 1. The van der Waals surface area contributed by atoms with Crippen molar-refractivity contribution in [1.29, 1.82) is 0 Å². The van der Waals surface area contributed by atoms with E-state index in [1.807, 2.05) is 48.4 Å². The first kappa shape index (κ1) is 19.3. The molecule has 4 heterocycles. The van der Waals surface area contributed by atoms with E-state index in [0.717, 1.165) is 59.1 Å². The highest BCUT2D eigenvalue weighted by Gasteiger charge is 2.21. The quantitative estimate of drug-likeness (QED) is 0.641. The minimum atomic E-state index is -0.782. The Kier molecular flexibility index (Phi) is 5.68. The Bertz CT molecular complexity index is 1000. The van der Waals surface area contributed by atoms with E-state index in [0.29, 0.717) is 0 Å². The molecule has 0 bridgehead atoms. The van der Waals surface area contributed by atoms with Crippen molar-refractivity contribution < 1.29 is 9.90 Å². The van der Waals surface area contributed by atoms with Crippen LogP contribution in [-0.4, -0.2) is 63.7 Å².